The van der Waals surface area contributed by atoms with Gasteiger partial charge in [0.2, 0.25) is 5.91 Å². The Balaban J connectivity index is 1.63. The molecule has 1 amide bonds. The lowest BCUT2D eigenvalue weighted by Gasteiger charge is -2.25. The third-order valence-electron chi connectivity index (χ3n) is 5.08. The molecule has 7 heteroatoms. The lowest BCUT2D eigenvalue weighted by atomic mass is 10.1. The molecule has 4 rings (SSSR count). The van der Waals surface area contributed by atoms with Gasteiger partial charge in [0.25, 0.3) is 5.56 Å². The van der Waals surface area contributed by atoms with Gasteiger partial charge in [-0.15, -0.1) is 22.7 Å². The molecule has 142 valence electrons. The van der Waals surface area contributed by atoms with Crippen LogP contribution >= 0.6 is 22.7 Å². The summed E-state index contributed by atoms with van der Waals surface area (Å²) < 4.78 is 1.47. The summed E-state index contributed by atoms with van der Waals surface area (Å²) >= 11 is 3.15. The van der Waals surface area contributed by atoms with Crippen molar-refractivity contribution >= 4 is 38.8 Å². The maximum absolute atomic E-state index is 13.1. The summed E-state index contributed by atoms with van der Waals surface area (Å²) in [5, 5.41) is 2.62. The Bertz CT molecular complexity index is 1010. The molecule has 0 N–H and O–H groups in total. The van der Waals surface area contributed by atoms with Crippen LogP contribution in [0.2, 0.25) is 0 Å². The van der Waals surface area contributed by atoms with Crippen molar-refractivity contribution in [3.8, 4) is 10.4 Å². The van der Waals surface area contributed by atoms with Gasteiger partial charge >= 0.3 is 0 Å². The third-order valence-corrected chi connectivity index (χ3v) is 7.00. The number of aryl methyl sites for hydroxylation is 1. The molecule has 0 atom stereocenters. The van der Waals surface area contributed by atoms with Gasteiger partial charge in [0.1, 0.15) is 11.4 Å². The Labute approximate surface area is 166 Å². The molecule has 0 unspecified atom stereocenters. The highest BCUT2D eigenvalue weighted by Crippen LogP contribution is 2.34. The Hall–Kier alpha value is -1.99. The van der Waals surface area contributed by atoms with E-state index in [0.717, 1.165) is 41.2 Å². The predicted molar refractivity (Wildman–Crippen MR) is 112 cm³/mol. The number of aromatic nitrogens is 2. The van der Waals surface area contributed by atoms with E-state index in [1.54, 1.807) is 11.3 Å². The van der Waals surface area contributed by atoms with Gasteiger partial charge in [-0.05, 0) is 31.9 Å². The van der Waals surface area contributed by atoms with Gasteiger partial charge in [0.05, 0.1) is 11.7 Å². The normalized spacial score (nSPS) is 15.7. The fraction of sp³-hybridized carbons (Fsp3) is 0.450. The molecule has 0 aliphatic carbocycles. The smallest absolute Gasteiger partial charge is 0.263 e. The van der Waals surface area contributed by atoms with Crippen molar-refractivity contribution in [3.05, 3.63) is 39.1 Å². The first kappa shape index (κ1) is 18.4. The number of thiophene rings is 2. The van der Waals surface area contributed by atoms with Crippen molar-refractivity contribution in [2.75, 3.05) is 13.1 Å². The zero-order chi connectivity index (χ0) is 18.8. The monoisotopic (exact) mass is 401 g/mol. The van der Waals surface area contributed by atoms with Crippen LogP contribution in [-0.2, 0) is 11.3 Å². The summed E-state index contributed by atoms with van der Waals surface area (Å²) in [6.07, 6.45) is 7.22. The molecular weight excluding hydrogens is 378 g/mol. The SMILES string of the molecule is Cc1ccc(-c2csc3ncn(CC(=O)N4CCCCCCC4)c(=O)c23)s1. The topological polar surface area (TPSA) is 55.2 Å². The minimum absolute atomic E-state index is 0.0175. The number of amides is 1. The molecule has 1 aliphatic rings. The van der Waals surface area contributed by atoms with Crippen molar-refractivity contribution in [1.82, 2.24) is 14.5 Å². The quantitative estimate of drug-likeness (QED) is 0.658. The zero-order valence-corrected chi connectivity index (χ0v) is 17.1. The lowest BCUT2D eigenvalue weighted by molar-refractivity contribution is -0.132. The van der Waals surface area contributed by atoms with Gasteiger partial charge in [0, 0.05) is 33.8 Å². The molecule has 0 aromatic carbocycles. The maximum Gasteiger partial charge on any atom is 0.263 e. The van der Waals surface area contributed by atoms with Gasteiger partial charge in [-0.25, -0.2) is 4.98 Å². The van der Waals surface area contributed by atoms with E-state index in [0.29, 0.717) is 5.39 Å². The average Bonchev–Trinajstić information content (AvgIpc) is 3.23. The van der Waals surface area contributed by atoms with Crippen LogP contribution in [0.5, 0.6) is 0 Å². The zero-order valence-electron chi connectivity index (χ0n) is 15.4. The van der Waals surface area contributed by atoms with E-state index in [4.69, 9.17) is 0 Å². The fourth-order valence-corrected chi connectivity index (χ4v) is 5.45. The van der Waals surface area contributed by atoms with Crippen molar-refractivity contribution in [2.45, 2.75) is 45.6 Å². The first-order chi connectivity index (χ1) is 13.1. The van der Waals surface area contributed by atoms with Gasteiger partial charge in [-0.1, -0.05) is 19.3 Å². The van der Waals surface area contributed by atoms with Gasteiger partial charge in [0.15, 0.2) is 0 Å². The summed E-state index contributed by atoms with van der Waals surface area (Å²) in [6, 6.07) is 4.10. The molecule has 27 heavy (non-hydrogen) atoms. The number of carbonyl (C=O) groups is 1. The highest BCUT2D eigenvalue weighted by Gasteiger charge is 2.19. The van der Waals surface area contributed by atoms with Crippen molar-refractivity contribution in [3.63, 3.8) is 0 Å². The van der Waals surface area contributed by atoms with Crippen LogP contribution in [0.4, 0.5) is 0 Å². The summed E-state index contributed by atoms with van der Waals surface area (Å²) in [7, 11) is 0. The van der Waals surface area contributed by atoms with Crippen LogP contribution < -0.4 is 5.56 Å². The average molecular weight is 402 g/mol. The second-order valence-corrected chi connectivity index (χ2v) is 9.21. The van der Waals surface area contributed by atoms with Gasteiger partial charge in [-0.3, -0.25) is 14.2 Å². The van der Waals surface area contributed by atoms with Crippen LogP contribution in [0.15, 0.2) is 28.6 Å². The predicted octanol–water partition coefficient (Wildman–Crippen LogP) is 4.29. The summed E-state index contributed by atoms with van der Waals surface area (Å²) in [4.78, 5) is 35.2. The maximum atomic E-state index is 13.1. The highest BCUT2D eigenvalue weighted by atomic mass is 32.1. The number of rotatable bonds is 3. The number of likely N-dealkylation sites (tertiary alicyclic amines) is 1. The Morgan fingerprint density at radius 2 is 1.89 bits per heavy atom. The van der Waals surface area contributed by atoms with Gasteiger partial charge < -0.3 is 4.90 Å². The molecule has 3 aromatic heterocycles. The standard InChI is InChI=1S/C20H23N3O2S2/c1-14-7-8-16(27-14)15-12-26-19-18(15)20(25)23(13-21-19)11-17(24)22-9-5-3-2-4-6-10-22/h7-8,12-13H,2-6,9-11H2,1H3. The number of hydrogen-bond donors (Lipinski definition) is 0. The van der Waals surface area contributed by atoms with Crippen LogP contribution in [0.1, 0.15) is 37.0 Å². The number of carbonyl (C=O) groups excluding carboxylic acids is 1. The van der Waals surface area contributed by atoms with Crippen molar-refractivity contribution in [1.29, 1.82) is 0 Å². The minimum atomic E-state index is -0.123. The number of nitrogens with zero attached hydrogens (tertiary/aromatic N) is 3. The highest BCUT2D eigenvalue weighted by molar-refractivity contribution is 7.19. The molecule has 3 aromatic rings. The lowest BCUT2D eigenvalue weighted by Crippen LogP contribution is -2.38. The van der Waals surface area contributed by atoms with E-state index in [9.17, 15) is 9.59 Å². The molecule has 1 aliphatic heterocycles. The van der Waals surface area contributed by atoms with Crippen molar-refractivity contribution < 1.29 is 4.79 Å². The molecule has 4 heterocycles. The van der Waals surface area contributed by atoms with E-state index in [1.165, 1.54) is 46.4 Å². The van der Waals surface area contributed by atoms with Crippen LogP contribution in [0.3, 0.4) is 0 Å². The molecule has 5 nitrogen and oxygen atoms in total. The molecular formula is C20H23N3O2S2. The fourth-order valence-electron chi connectivity index (χ4n) is 3.58. The summed E-state index contributed by atoms with van der Waals surface area (Å²) in [5.74, 6) is 0.0175. The molecule has 0 radical (unpaired) electrons. The summed E-state index contributed by atoms with van der Waals surface area (Å²) in [6.45, 7) is 3.71. The summed E-state index contributed by atoms with van der Waals surface area (Å²) in [5.41, 5.74) is 0.807. The molecule has 0 saturated carbocycles. The van der Waals surface area contributed by atoms with E-state index in [2.05, 4.69) is 18.0 Å². The number of fused-ring (bicyclic) bond motifs is 1. The van der Waals surface area contributed by atoms with E-state index < -0.39 is 0 Å². The molecule has 1 fully saturated rings. The minimum Gasteiger partial charge on any atom is -0.341 e. The first-order valence-corrected chi connectivity index (χ1v) is 11.1. The molecule has 1 saturated heterocycles. The van der Waals surface area contributed by atoms with Gasteiger partial charge in [-0.2, -0.15) is 0 Å². The van der Waals surface area contributed by atoms with Crippen molar-refractivity contribution in [2.24, 2.45) is 0 Å². The molecule has 0 bridgehead atoms. The molecule has 0 spiro atoms. The first-order valence-electron chi connectivity index (χ1n) is 9.45. The van der Waals surface area contributed by atoms with Crippen LogP contribution in [-0.4, -0.2) is 33.4 Å². The third kappa shape index (κ3) is 3.84. The van der Waals surface area contributed by atoms with Crippen LogP contribution in [0, 0.1) is 6.92 Å². The Kier molecular flexibility index (Phi) is 5.41. The van der Waals surface area contributed by atoms with E-state index >= 15 is 0 Å². The van der Waals surface area contributed by atoms with E-state index in [-0.39, 0.29) is 18.0 Å². The van der Waals surface area contributed by atoms with Crippen LogP contribution in [0.25, 0.3) is 20.7 Å². The van der Waals surface area contributed by atoms with E-state index in [1.807, 2.05) is 16.3 Å². The number of hydrogen-bond acceptors (Lipinski definition) is 5. The Morgan fingerprint density at radius 1 is 1.15 bits per heavy atom. The second kappa shape index (κ2) is 7.94. The Morgan fingerprint density at radius 3 is 2.59 bits per heavy atom. The second-order valence-electron chi connectivity index (χ2n) is 7.07. The largest absolute Gasteiger partial charge is 0.341 e.